The van der Waals surface area contributed by atoms with E-state index in [-0.39, 0.29) is 30.4 Å². The van der Waals surface area contributed by atoms with Crippen LogP contribution in [0.5, 0.6) is 0 Å². The van der Waals surface area contributed by atoms with Crippen LogP contribution in [0.4, 0.5) is 10.5 Å². The Labute approximate surface area is 159 Å². The zero-order valence-electron chi connectivity index (χ0n) is 14.5. The molecular formula is C19H23ClN4O2. The number of nitrogens with one attached hydrogen (secondary N) is 3. The van der Waals surface area contributed by atoms with Gasteiger partial charge in [0.1, 0.15) is 0 Å². The molecule has 1 aliphatic heterocycles. The van der Waals surface area contributed by atoms with Crippen molar-refractivity contribution in [3.8, 4) is 0 Å². The van der Waals surface area contributed by atoms with Crippen LogP contribution < -0.4 is 21.7 Å². The molecule has 0 saturated heterocycles. The Balaban J connectivity index is 0.00000243. The molecule has 0 aliphatic carbocycles. The van der Waals surface area contributed by atoms with Gasteiger partial charge in [-0.1, -0.05) is 36.4 Å². The van der Waals surface area contributed by atoms with Gasteiger partial charge in [-0.2, -0.15) is 0 Å². The van der Waals surface area contributed by atoms with Crippen LogP contribution in [0.15, 0.2) is 48.5 Å². The molecule has 3 rings (SSSR count). The summed E-state index contributed by atoms with van der Waals surface area (Å²) in [6.07, 6.45) is 0.691. The summed E-state index contributed by atoms with van der Waals surface area (Å²) in [7, 11) is 0. The van der Waals surface area contributed by atoms with Crippen LogP contribution in [-0.2, 0) is 17.8 Å². The van der Waals surface area contributed by atoms with E-state index in [2.05, 4.69) is 28.1 Å². The third-order valence-corrected chi connectivity index (χ3v) is 4.43. The first kappa shape index (κ1) is 19.8. The second kappa shape index (κ2) is 8.69. The van der Waals surface area contributed by atoms with Gasteiger partial charge >= 0.3 is 6.03 Å². The van der Waals surface area contributed by atoms with Gasteiger partial charge in [0.05, 0.1) is 12.1 Å². The summed E-state index contributed by atoms with van der Waals surface area (Å²) in [5, 5.41) is 8.85. The van der Waals surface area contributed by atoms with Crippen molar-refractivity contribution in [2.45, 2.75) is 32.0 Å². The first-order valence-electron chi connectivity index (χ1n) is 8.30. The molecule has 0 saturated carbocycles. The van der Waals surface area contributed by atoms with Crippen LogP contribution in [0.2, 0.25) is 0 Å². The first-order chi connectivity index (χ1) is 12.0. The highest BCUT2D eigenvalue weighted by molar-refractivity contribution is 5.87. The largest absolute Gasteiger partial charge is 0.351 e. The fraction of sp³-hybridized carbons (Fsp3) is 0.263. The van der Waals surface area contributed by atoms with Crippen molar-refractivity contribution in [3.05, 3.63) is 65.2 Å². The molecule has 6 nitrogen and oxygen atoms in total. The summed E-state index contributed by atoms with van der Waals surface area (Å²) in [5.41, 5.74) is 9.14. The van der Waals surface area contributed by atoms with Crippen LogP contribution >= 0.6 is 12.4 Å². The predicted molar refractivity (Wildman–Crippen MR) is 104 cm³/mol. The molecule has 7 heteroatoms. The first-order valence-corrected chi connectivity index (χ1v) is 8.30. The lowest BCUT2D eigenvalue weighted by molar-refractivity contribution is -0.124. The molecule has 2 aromatic carbocycles. The van der Waals surface area contributed by atoms with Crippen molar-refractivity contribution in [1.82, 2.24) is 10.6 Å². The maximum atomic E-state index is 12.6. The molecule has 2 unspecified atom stereocenters. The Morgan fingerprint density at radius 1 is 1.12 bits per heavy atom. The maximum absolute atomic E-state index is 12.6. The molecule has 138 valence electrons. The van der Waals surface area contributed by atoms with Gasteiger partial charge in [-0.05, 0) is 42.2 Å². The lowest BCUT2D eigenvalue weighted by Gasteiger charge is -2.26. The molecule has 2 aromatic rings. The van der Waals surface area contributed by atoms with Gasteiger partial charge in [0.25, 0.3) is 0 Å². The lowest BCUT2D eigenvalue weighted by Crippen LogP contribution is -2.48. The number of halogens is 1. The lowest BCUT2D eigenvalue weighted by atomic mass is 9.95. The number of hydrogen-bond acceptors (Lipinski definition) is 3. The van der Waals surface area contributed by atoms with Gasteiger partial charge in [0.2, 0.25) is 5.91 Å². The molecular weight excluding hydrogens is 352 g/mol. The Kier molecular flexibility index (Phi) is 6.60. The summed E-state index contributed by atoms with van der Waals surface area (Å²) in [6.45, 7) is 2.64. The fourth-order valence-corrected chi connectivity index (χ4v) is 3.03. The van der Waals surface area contributed by atoms with Crippen LogP contribution in [0.25, 0.3) is 0 Å². The Morgan fingerprint density at radius 2 is 1.77 bits per heavy atom. The third-order valence-electron chi connectivity index (χ3n) is 4.43. The summed E-state index contributed by atoms with van der Waals surface area (Å²) in [4.78, 5) is 23.4. The number of amides is 3. The zero-order chi connectivity index (χ0) is 17.8. The van der Waals surface area contributed by atoms with E-state index in [9.17, 15) is 9.59 Å². The molecule has 1 heterocycles. The van der Waals surface area contributed by atoms with E-state index in [1.54, 1.807) is 12.1 Å². The van der Waals surface area contributed by atoms with Gasteiger partial charge in [-0.15, -0.1) is 12.4 Å². The summed E-state index contributed by atoms with van der Waals surface area (Å²) in [6, 6.07) is 14.5. The van der Waals surface area contributed by atoms with E-state index in [1.807, 2.05) is 31.2 Å². The van der Waals surface area contributed by atoms with Crippen molar-refractivity contribution in [2.24, 2.45) is 5.73 Å². The summed E-state index contributed by atoms with van der Waals surface area (Å²) < 4.78 is 0. The quantitative estimate of drug-likeness (QED) is 0.662. The summed E-state index contributed by atoms with van der Waals surface area (Å²) in [5.74, 6) is -0.0126. The van der Waals surface area contributed by atoms with Crippen molar-refractivity contribution >= 4 is 30.0 Å². The number of carbonyl (C=O) groups is 2. The number of hydrogen-bond donors (Lipinski definition) is 4. The van der Waals surface area contributed by atoms with Gasteiger partial charge in [0, 0.05) is 12.2 Å². The van der Waals surface area contributed by atoms with Crippen molar-refractivity contribution in [3.63, 3.8) is 0 Å². The standard InChI is InChI=1S/C19H22N4O2.ClH/c1-12(13-6-8-16(9-7-13)23-19(20)25)22-18(24)17-10-14-4-2-3-5-15(14)11-21-17;/h2-9,12,17,21H,10-11H2,1H3,(H,22,24)(H3,20,23,25);1H. The number of benzene rings is 2. The highest BCUT2D eigenvalue weighted by atomic mass is 35.5. The summed E-state index contributed by atoms with van der Waals surface area (Å²) >= 11 is 0. The molecule has 0 aromatic heterocycles. The van der Waals surface area contributed by atoms with E-state index in [0.717, 1.165) is 5.56 Å². The van der Waals surface area contributed by atoms with Crippen molar-refractivity contribution < 1.29 is 9.59 Å². The SMILES string of the molecule is CC(NC(=O)C1Cc2ccccc2CN1)c1ccc(NC(N)=O)cc1.Cl. The molecule has 3 amide bonds. The third kappa shape index (κ3) is 4.74. The fourth-order valence-electron chi connectivity index (χ4n) is 3.03. The number of primary amides is 1. The average molecular weight is 375 g/mol. The highest BCUT2D eigenvalue weighted by Gasteiger charge is 2.24. The van der Waals surface area contributed by atoms with Gasteiger partial charge in [-0.3, -0.25) is 4.79 Å². The monoisotopic (exact) mass is 374 g/mol. The van der Waals surface area contributed by atoms with E-state index in [0.29, 0.717) is 18.7 Å². The molecule has 0 radical (unpaired) electrons. The van der Waals surface area contributed by atoms with Crippen LogP contribution in [-0.4, -0.2) is 18.0 Å². The molecule has 0 bridgehead atoms. The predicted octanol–water partition coefficient (Wildman–Crippen LogP) is 2.49. The molecule has 5 N–H and O–H groups in total. The average Bonchev–Trinajstić information content (AvgIpc) is 2.61. The van der Waals surface area contributed by atoms with Crippen LogP contribution in [0.1, 0.15) is 29.7 Å². The number of nitrogens with two attached hydrogens (primary N) is 1. The second-order valence-corrected chi connectivity index (χ2v) is 6.25. The number of fused-ring (bicyclic) bond motifs is 1. The molecule has 2 atom stereocenters. The zero-order valence-corrected chi connectivity index (χ0v) is 15.3. The molecule has 26 heavy (non-hydrogen) atoms. The van der Waals surface area contributed by atoms with Crippen molar-refractivity contribution in [1.29, 1.82) is 0 Å². The molecule has 1 aliphatic rings. The smallest absolute Gasteiger partial charge is 0.316 e. The van der Waals surface area contributed by atoms with Crippen molar-refractivity contribution in [2.75, 3.05) is 5.32 Å². The second-order valence-electron chi connectivity index (χ2n) is 6.25. The van der Waals surface area contributed by atoms with Gasteiger partial charge in [0.15, 0.2) is 0 Å². The Hall–Kier alpha value is -2.57. The normalized spacial score (nSPS) is 16.6. The highest BCUT2D eigenvalue weighted by Crippen LogP contribution is 2.19. The minimum Gasteiger partial charge on any atom is -0.351 e. The Bertz CT molecular complexity index is 779. The number of carbonyl (C=O) groups excluding carboxylic acids is 2. The van der Waals surface area contributed by atoms with E-state index < -0.39 is 6.03 Å². The number of rotatable bonds is 4. The minimum atomic E-state index is -0.599. The number of urea groups is 1. The van der Waals surface area contributed by atoms with Gasteiger partial charge < -0.3 is 21.7 Å². The molecule has 0 fully saturated rings. The number of anilines is 1. The van der Waals surface area contributed by atoms with E-state index in [1.165, 1.54) is 11.1 Å². The Morgan fingerprint density at radius 3 is 2.42 bits per heavy atom. The van der Waals surface area contributed by atoms with Crippen LogP contribution in [0, 0.1) is 0 Å². The van der Waals surface area contributed by atoms with E-state index >= 15 is 0 Å². The topological polar surface area (TPSA) is 96.2 Å². The molecule has 0 spiro atoms. The van der Waals surface area contributed by atoms with E-state index in [4.69, 9.17) is 5.73 Å². The maximum Gasteiger partial charge on any atom is 0.316 e. The minimum absolute atomic E-state index is 0. The van der Waals surface area contributed by atoms with Gasteiger partial charge in [-0.25, -0.2) is 4.79 Å². The van der Waals surface area contributed by atoms with Crippen LogP contribution in [0.3, 0.4) is 0 Å².